The normalized spacial score (nSPS) is 15.8. The van der Waals surface area contributed by atoms with E-state index in [4.69, 9.17) is 0 Å². The molecule has 17 heavy (non-hydrogen) atoms. The second-order valence-electron chi connectivity index (χ2n) is 3.99. The molecule has 1 amide bonds. The minimum absolute atomic E-state index is 0.0220. The molecule has 0 unspecified atom stereocenters. The molecule has 1 N–H and O–H groups in total. The fourth-order valence-corrected chi connectivity index (χ4v) is 1.88. The fraction of sp³-hybridized carbons (Fsp3) is 0.500. The molecule has 2 rings (SSSR count). The highest BCUT2D eigenvalue weighted by Crippen LogP contribution is 2.25. The van der Waals surface area contributed by atoms with E-state index in [0.717, 1.165) is 38.1 Å². The first kappa shape index (κ1) is 11.4. The lowest BCUT2D eigenvalue weighted by molar-refractivity contribution is -0.385. The van der Waals surface area contributed by atoms with Crippen LogP contribution in [0.25, 0.3) is 0 Å². The lowest BCUT2D eigenvalue weighted by Gasteiger charge is -2.08. The van der Waals surface area contributed by atoms with Gasteiger partial charge in [-0.25, -0.2) is 9.97 Å². The molecule has 0 spiro atoms. The Labute approximate surface area is 97.4 Å². The monoisotopic (exact) mass is 236 g/mol. The number of nitrogens with one attached hydrogen (secondary N) is 1. The minimum atomic E-state index is -0.581. The summed E-state index contributed by atoms with van der Waals surface area (Å²) in [5, 5.41) is 12.9. The summed E-state index contributed by atoms with van der Waals surface area (Å²) in [6.45, 7) is 0. The topological polar surface area (TPSA) is 98.0 Å². The molecular weight excluding hydrogens is 224 g/mol. The van der Waals surface area contributed by atoms with Crippen LogP contribution >= 0.6 is 0 Å². The van der Waals surface area contributed by atoms with Crippen LogP contribution in [0.5, 0.6) is 0 Å². The van der Waals surface area contributed by atoms with E-state index in [2.05, 4.69) is 15.3 Å². The first-order valence-electron chi connectivity index (χ1n) is 5.44. The van der Waals surface area contributed by atoms with Gasteiger partial charge in [-0.3, -0.25) is 20.2 Å². The second-order valence-corrected chi connectivity index (χ2v) is 3.99. The third-order valence-electron chi connectivity index (χ3n) is 2.81. The molecule has 1 aromatic rings. The van der Waals surface area contributed by atoms with Gasteiger partial charge in [0, 0.05) is 5.92 Å². The highest BCUT2D eigenvalue weighted by atomic mass is 16.6. The lowest BCUT2D eigenvalue weighted by atomic mass is 10.1. The number of carbonyl (C=O) groups is 1. The van der Waals surface area contributed by atoms with Gasteiger partial charge in [0.2, 0.25) is 11.9 Å². The number of hydrogen-bond acceptors (Lipinski definition) is 5. The molecule has 90 valence electrons. The molecular formula is C10H12N4O3. The van der Waals surface area contributed by atoms with E-state index in [1.807, 2.05) is 0 Å². The molecule has 7 nitrogen and oxygen atoms in total. The van der Waals surface area contributed by atoms with Crippen molar-refractivity contribution in [2.24, 2.45) is 5.92 Å². The van der Waals surface area contributed by atoms with Crippen LogP contribution < -0.4 is 5.32 Å². The van der Waals surface area contributed by atoms with Crippen molar-refractivity contribution in [1.82, 2.24) is 9.97 Å². The summed E-state index contributed by atoms with van der Waals surface area (Å²) in [4.78, 5) is 29.0. The number of rotatable bonds is 3. The van der Waals surface area contributed by atoms with Crippen molar-refractivity contribution in [3.05, 3.63) is 22.5 Å². The molecule has 0 bridgehead atoms. The van der Waals surface area contributed by atoms with Gasteiger partial charge in [0.25, 0.3) is 0 Å². The molecule has 1 aromatic heterocycles. The van der Waals surface area contributed by atoms with Crippen LogP contribution in [0, 0.1) is 16.0 Å². The smallest absolute Gasteiger partial charge is 0.294 e. The maximum absolute atomic E-state index is 11.7. The molecule has 7 heteroatoms. The van der Waals surface area contributed by atoms with Crippen molar-refractivity contribution in [2.45, 2.75) is 25.7 Å². The van der Waals surface area contributed by atoms with Crippen LogP contribution in [0.2, 0.25) is 0 Å². The number of anilines is 1. The van der Waals surface area contributed by atoms with Gasteiger partial charge in [-0.2, -0.15) is 0 Å². The maximum Gasteiger partial charge on any atom is 0.305 e. The van der Waals surface area contributed by atoms with Crippen molar-refractivity contribution in [3.8, 4) is 0 Å². The van der Waals surface area contributed by atoms with Gasteiger partial charge in [0.05, 0.1) is 4.92 Å². The lowest BCUT2D eigenvalue weighted by Crippen LogP contribution is -2.21. The molecule has 0 radical (unpaired) electrons. The summed E-state index contributed by atoms with van der Waals surface area (Å²) in [6, 6.07) is 0. The average Bonchev–Trinajstić information content (AvgIpc) is 2.83. The summed E-state index contributed by atoms with van der Waals surface area (Å²) in [5.74, 6) is 0.0395. The predicted molar refractivity (Wildman–Crippen MR) is 59.3 cm³/mol. The van der Waals surface area contributed by atoms with Gasteiger partial charge in [0.1, 0.15) is 12.4 Å². The molecule has 1 fully saturated rings. The standard InChI is InChI=1S/C10H12N4O3/c15-9(7-3-1-2-4-7)13-10-11-5-8(6-12-10)14(16)17/h5-7H,1-4H2,(H,11,12,13,15). The highest BCUT2D eigenvalue weighted by molar-refractivity contribution is 5.91. The van der Waals surface area contributed by atoms with Crippen molar-refractivity contribution in [3.63, 3.8) is 0 Å². The van der Waals surface area contributed by atoms with E-state index in [-0.39, 0.29) is 23.5 Å². The average molecular weight is 236 g/mol. The predicted octanol–water partition coefficient (Wildman–Crippen LogP) is 1.51. The molecule has 0 saturated heterocycles. The summed E-state index contributed by atoms with van der Waals surface area (Å²) in [6.07, 6.45) is 6.07. The van der Waals surface area contributed by atoms with E-state index in [9.17, 15) is 14.9 Å². The molecule has 0 aliphatic heterocycles. The Morgan fingerprint density at radius 3 is 2.47 bits per heavy atom. The van der Waals surface area contributed by atoms with Gasteiger partial charge in [0.15, 0.2) is 0 Å². The Balaban J connectivity index is 1.98. The van der Waals surface area contributed by atoms with Crippen LogP contribution in [0.4, 0.5) is 11.6 Å². The fourth-order valence-electron chi connectivity index (χ4n) is 1.88. The Bertz CT molecular complexity index is 426. The van der Waals surface area contributed by atoms with Crippen molar-refractivity contribution in [2.75, 3.05) is 5.32 Å². The van der Waals surface area contributed by atoms with Gasteiger partial charge in [-0.05, 0) is 12.8 Å². The minimum Gasteiger partial charge on any atom is -0.294 e. The van der Waals surface area contributed by atoms with E-state index < -0.39 is 4.92 Å². The van der Waals surface area contributed by atoms with Crippen molar-refractivity contribution < 1.29 is 9.72 Å². The van der Waals surface area contributed by atoms with Crippen LogP contribution in [0.15, 0.2) is 12.4 Å². The third-order valence-corrected chi connectivity index (χ3v) is 2.81. The largest absolute Gasteiger partial charge is 0.305 e. The van der Waals surface area contributed by atoms with Crippen LogP contribution in [-0.2, 0) is 4.79 Å². The number of carbonyl (C=O) groups excluding carboxylic acids is 1. The summed E-state index contributed by atoms with van der Waals surface area (Å²) < 4.78 is 0. The molecule has 0 aromatic carbocycles. The first-order valence-corrected chi connectivity index (χ1v) is 5.44. The molecule has 0 atom stereocenters. The van der Waals surface area contributed by atoms with E-state index >= 15 is 0 Å². The Kier molecular flexibility index (Phi) is 3.27. The van der Waals surface area contributed by atoms with Gasteiger partial charge < -0.3 is 0 Å². The number of nitro groups is 1. The molecule has 1 saturated carbocycles. The Hall–Kier alpha value is -2.05. The zero-order valence-electron chi connectivity index (χ0n) is 9.13. The number of amides is 1. The maximum atomic E-state index is 11.7. The summed E-state index contributed by atoms with van der Waals surface area (Å²) >= 11 is 0. The van der Waals surface area contributed by atoms with Crippen LogP contribution in [-0.4, -0.2) is 20.8 Å². The molecule has 1 aliphatic carbocycles. The van der Waals surface area contributed by atoms with Crippen LogP contribution in [0.3, 0.4) is 0 Å². The van der Waals surface area contributed by atoms with Crippen molar-refractivity contribution in [1.29, 1.82) is 0 Å². The van der Waals surface area contributed by atoms with E-state index in [0.29, 0.717) is 0 Å². The van der Waals surface area contributed by atoms with Crippen molar-refractivity contribution >= 4 is 17.5 Å². The molecule has 1 aliphatic rings. The van der Waals surface area contributed by atoms with Gasteiger partial charge >= 0.3 is 5.69 Å². The highest BCUT2D eigenvalue weighted by Gasteiger charge is 2.23. The second kappa shape index (κ2) is 4.86. The summed E-state index contributed by atoms with van der Waals surface area (Å²) in [5.41, 5.74) is -0.191. The quantitative estimate of drug-likeness (QED) is 0.633. The zero-order chi connectivity index (χ0) is 12.3. The van der Waals surface area contributed by atoms with E-state index in [1.165, 1.54) is 0 Å². The number of nitrogens with zero attached hydrogens (tertiary/aromatic N) is 3. The van der Waals surface area contributed by atoms with Gasteiger partial charge in [-0.1, -0.05) is 12.8 Å². The number of hydrogen-bond donors (Lipinski definition) is 1. The van der Waals surface area contributed by atoms with Crippen LogP contribution in [0.1, 0.15) is 25.7 Å². The summed E-state index contributed by atoms with van der Waals surface area (Å²) in [7, 11) is 0. The zero-order valence-corrected chi connectivity index (χ0v) is 9.13. The first-order chi connectivity index (χ1) is 8.16. The van der Waals surface area contributed by atoms with E-state index in [1.54, 1.807) is 0 Å². The Morgan fingerprint density at radius 2 is 1.94 bits per heavy atom. The van der Waals surface area contributed by atoms with Gasteiger partial charge in [-0.15, -0.1) is 0 Å². The SMILES string of the molecule is O=C(Nc1ncc([N+](=O)[O-])cn1)C1CCCC1. The molecule has 1 heterocycles. The third kappa shape index (κ3) is 2.74. The Morgan fingerprint density at radius 1 is 1.35 bits per heavy atom. The number of aromatic nitrogens is 2.